The number of hydrogen-bond acceptors (Lipinski definition) is 2. The largest absolute Gasteiger partial charge is 0.354 e. The fourth-order valence-corrected chi connectivity index (χ4v) is 7.56. The van der Waals surface area contributed by atoms with E-state index in [1.54, 1.807) is 6.08 Å². The molecule has 6 heteroatoms. The molecule has 4 unspecified atom stereocenters. The van der Waals surface area contributed by atoms with E-state index in [9.17, 15) is 19.1 Å². The number of carbonyl (C=O) groups excluding carboxylic acids is 1. The number of carbonyl (C=O) groups is 1. The number of allylic oxidation sites excluding steroid dienone is 2. The van der Waals surface area contributed by atoms with Crippen molar-refractivity contribution in [1.82, 2.24) is 5.32 Å². The maximum atomic E-state index is 12.6. The molecule has 0 aromatic carbocycles. The summed E-state index contributed by atoms with van der Waals surface area (Å²) in [6, 6.07) is -0.600. The van der Waals surface area contributed by atoms with Crippen molar-refractivity contribution in [3.05, 3.63) is 22.5 Å². The van der Waals surface area contributed by atoms with Crippen LogP contribution in [0.15, 0.2) is 22.5 Å². The molecule has 0 radical (unpaired) electrons. The minimum atomic E-state index is -4.42. The summed E-state index contributed by atoms with van der Waals surface area (Å²) in [7, 11) is -4.42. The molecule has 0 spiro atoms. The van der Waals surface area contributed by atoms with Crippen LogP contribution in [0.4, 0.5) is 0 Å². The van der Waals surface area contributed by atoms with E-state index in [2.05, 4.69) is 12.2 Å². The summed E-state index contributed by atoms with van der Waals surface area (Å²) in [6.07, 6.45) is 10.8. The van der Waals surface area contributed by atoms with Gasteiger partial charge in [0, 0.05) is 5.41 Å². The van der Waals surface area contributed by atoms with Crippen LogP contribution in [0.2, 0.25) is 0 Å². The van der Waals surface area contributed by atoms with Crippen LogP contribution in [-0.2, 0) is 9.36 Å². The van der Waals surface area contributed by atoms with Crippen LogP contribution < -0.4 is 5.32 Å². The highest BCUT2D eigenvalue weighted by molar-refractivity contribution is 7.56. The SMILES string of the molecule is CC(C)(C)C(=O)NC1CC2=C(C=C1P(=O)(O)O)CCC1C2CC[C@]2(C)CCCC12. The van der Waals surface area contributed by atoms with Crippen molar-refractivity contribution in [2.45, 2.75) is 85.1 Å². The molecule has 2 fully saturated rings. The molecule has 5 nitrogen and oxygen atoms in total. The van der Waals surface area contributed by atoms with Crippen molar-refractivity contribution in [2.75, 3.05) is 0 Å². The van der Waals surface area contributed by atoms with Gasteiger partial charge in [0.05, 0.1) is 11.4 Å². The summed E-state index contributed by atoms with van der Waals surface area (Å²) in [6.45, 7) is 7.96. The Morgan fingerprint density at radius 1 is 1.21 bits per heavy atom. The zero-order valence-corrected chi connectivity index (χ0v) is 19.1. The Morgan fingerprint density at radius 3 is 2.59 bits per heavy atom. The lowest BCUT2D eigenvalue weighted by Gasteiger charge is -2.51. The smallest absolute Gasteiger partial charge is 0.348 e. The summed E-state index contributed by atoms with van der Waals surface area (Å²) in [5.41, 5.74) is 2.39. The van der Waals surface area contributed by atoms with E-state index < -0.39 is 19.1 Å². The molecule has 2 saturated carbocycles. The average molecular weight is 422 g/mol. The molecule has 3 N–H and O–H groups in total. The molecule has 5 atom stereocenters. The van der Waals surface area contributed by atoms with Gasteiger partial charge in [-0.2, -0.15) is 0 Å². The van der Waals surface area contributed by atoms with Gasteiger partial charge in [0.15, 0.2) is 0 Å². The Balaban J connectivity index is 1.66. The maximum absolute atomic E-state index is 12.6. The third-order valence-corrected chi connectivity index (χ3v) is 9.36. The van der Waals surface area contributed by atoms with E-state index in [1.807, 2.05) is 20.8 Å². The molecule has 0 bridgehead atoms. The van der Waals surface area contributed by atoms with Gasteiger partial charge in [0.25, 0.3) is 0 Å². The molecule has 0 aromatic rings. The standard InChI is InChI=1S/C23H36NO4P/c1-22(2,3)21(25)24-19-13-17-14(12-20(19)29(26,27)28)7-8-16-15(17)9-11-23(4)10-5-6-18(16)23/h12,15-16,18-19H,5-11,13H2,1-4H3,(H,24,25)(H2,26,27,28)/t15?,16?,18?,19?,23-/m0/s1. The van der Waals surface area contributed by atoms with E-state index >= 15 is 0 Å². The molecule has 0 aliphatic heterocycles. The van der Waals surface area contributed by atoms with Crippen LogP contribution in [0.1, 0.15) is 79.1 Å². The van der Waals surface area contributed by atoms with E-state index in [4.69, 9.17) is 0 Å². The molecule has 4 aliphatic carbocycles. The second-order valence-corrected chi connectivity index (χ2v) is 12.7. The third-order valence-electron chi connectivity index (χ3n) is 8.25. The molecular formula is C23H36NO4P. The fraction of sp³-hybridized carbons (Fsp3) is 0.783. The van der Waals surface area contributed by atoms with Crippen LogP contribution in [0, 0.1) is 28.6 Å². The van der Waals surface area contributed by atoms with Crippen LogP contribution in [0.3, 0.4) is 0 Å². The normalized spacial score (nSPS) is 37.4. The van der Waals surface area contributed by atoms with Crippen molar-refractivity contribution in [1.29, 1.82) is 0 Å². The Morgan fingerprint density at radius 2 is 1.93 bits per heavy atom. The molecule has 4 rings (SSSR count). The third kappa shape index (κ3) is 3.79. The van der Waals surface area contributed by atoms with E-state index in [-0.39, 0.29) is 11.2 Å². The molecular weight excluding hydrogens is 385 g/mol. The lowest BCUT2D eigenvalue weighted by atomic mass is 9.55. The van der Waals surface area contributed by atoms with Gasteiger partial charge in [-0.05, 0) is 79.8 Å². The zero-order chi connectivity index (χ0) is 21.2. The minimum Gasteiger partial charge on any atom is -0.348 e. The first-order valence-electron chi connectivity index (χ1n) is 11.2. The average Bonchev–Trinajstić information content (AvgIpc) is 3.01. The highest BCUT2D eigenvalue weighted by atomic mass is 31.2. The monoisotopic (exact) mass is 421 g/mol. The Bertz CT molecular complexity index is 817. The second kappa shape index (κ2) is 7.07. The molecule has 1 amide bonds. The van der Waals surface area contributed by atoms with Crippen molar-refractivity contribution < 1.29 is 19.1 Å². The lowest BCUT2D eigenvalue weighted by molar-refractivity contribution is -0.129. The van der Waals surface area contributed by atoms with Crippen molar-refractivity contribution in [3.63, 3.8) is 0 Å². The van der Waals surface area contributed by atoms with E-state index in [0.29, 0.717) is 23.7 Å². The lowest BCUT2D eigenvalue weighted by Crippen LogP contribution is -2.46. The summed E-state index contributed by atoms with van der Waals surface area (Å²) in [5, 5.41) is 3.06. The second-order valence-electron chi connectivity index (χ2n) is 11.1. The minimum absolute atomic E-state index is 0.0915. The number of nitrogens with one attached hydrogen (secondary N) is 1. The van der Waals surface area contributed by atoms with Crippen molar-refractivity contribution in [3.8, 4) is 0 Å². The number of fused-ring (bicyclic) bond motifs is 4. The van der Waals surface area contributed by atoms with Gasteiger partial charge in [-0.3, -0.25) is 9.36 Å². The highest BCUT2D eigenvalue weighted by Crippen LogP contribution is 2.62. The number of rotatable bonds is 2. The first-order chi connectivity index (χ1) is 13.4. The van der Waals surface area contributed by atoms with Gasteiger partial charge in [0.1, 0.15) is 0 Å². The summed E-state index contributed by atoms with van der Waals surface area (Å²) in [5.74, 6) is 1.83. The summed E-state index contributed by atoms with van der Waals surface area (Å²) in [4.78, 5) is 32.6. The Labute approximate surface area is 174 Å². The van der Waals surface area contributed by atoms with Crippen LogP contribution in [0.5, 0.6) is 0 Å². The van der Waals surface area contributed by atoms with Gasteiger partial charge in [0.2, 0.25) is 5.91 Å². The maximum Gasteiger partial charge on any atom is 0.354 e. The topological polar surface area (TPSA) is 86.6 Å². The molecule has 4 aliphatic rings. The van der Waals surface area contributed by atoms with Gasteiger partial charge in [-0.25, -0.2) is 0 Å². The quantitative estimate of drug-likeness (QED) is 0.553. The molecule has 0 aromatic heterocycles. The molecule has 29 heavy (non-hydrogen) atoms. The van der Waals surface area contributed by atoms with Gasteiger partial charge in [-0.1, -0.05) is 39.7 Å². The van der Waals surface area contributed by atoms with E-state index in [1.165, 1.54) is 37.7 Å². The van der Waals surface area contributed by atoms with Crippen molar-refractivity contribution >= 4 is 13.5 Å². The zero-order valence-electron chi connectivity index (χ0n) is 18.2. The number of amides is 1. The van der Waals surface area contributed by atoms with Crippen LogP contribution >= 0.6 is 7.60 Å². The Kier molecular flexibility index (Phi) is 5.20. The van der Waals surface area contributed by atoms with Gasteiger partial charge < -0.3 is 15.1 Å². The fourth-order valence-electron chi connectivity index (χ4n) is 6.67. The first kappa shape index (κ1) is 21.3. The summed E-state index contributed by atoms with van der Waals surface area (Å²) < 4.78 is 12.2. The van der Waals surface area contributed by atoms with Crippen molar-refractivity contribution in [2.24, 2.45) is 28.6 Å². The van der Waals surface area contributed by atoms with Gasteiger partial charge in [-0.15, -0.1) is 0 Å². The predicted molar refractivity (Wildman–Crippen MR) is 114 cm³/mol. The predicted octanol–water partition coefficient (Wildman–Crippen LogP) is 4.91. The summed E-state index contributed by atoms with van der Waals surface area (Å²) >= 11 is 0. The molecule has 0 saturated heterocycles. The van der Waals surface area contributed by atoms with Crippen LogP contribution in [-0.4, -0.2) is 21.7 Å². The molecule has 0 heterocycles. The Hall–Kier alpha value is -0.900. The first-order valence-corrected chi connectivity index (χ1v) is 12.8. The van der Waals surface area contributed by atoms with Gasteiger partial charge >= 0.3 is 7.60 Å². The van der Waals surface area contributed by atoms with Crippen LogP contribution in [0.25, 0.3) is 0 Å². The molecule has 162 valence electrons. The highest BCUT2D eigenvalue weighted by Gasteiger charge is 2.51. The van der Waals surface area contributed by atoms with E-state index in [0.717, 1.165) is 24.3 Å². The number of hydrogen-bond donors (Lipinski definition) is 3.